The predicted molar refractivity (Wildman–Crippen MR) is 84.6 cm³/mol. The van der Waals surface area contributed by atoms with E-state index in [1.54, 1.807) is 30.3 Å². The van der Waals surface area contributed by atoms with Crippen LogP contribution in [-0.4, -0.2) is 18.5 Å². The van der Waals surface area contributed by atoms with Gasteiger partial charge in [-0.3, -0.25) is 0 Å². The predicted octanol–water partition coefficient (Wildman–Crippen LogP) is 3.57. The van der Waals surface area contributed by atoms with E-state index < -0.39 is 11.8 Å². The molecular formula is C18H14FNO3. The first-order valence-corrected chi connectivity index (χ1v) is 7.17. The maximum atomic E-state index is 13.7. The SMILES string of the molecule is CCOc1ccc(/C=C2/N=C(c3ccccc3F)OC2=O)cc1. The standard InChI is InChI=1S/C18H14FNO3/c1-2-22-13-9-7-12(8-10-13)11-16-18(21)23-17(20-16)14-5-3-4-6-15(14)19/h3-11H,2H2,1H3/b16-11+. The molecule has 0 aromatic heterocycles. The molecule has 1 aliphatic heterocycles. The van der Waals surface area contributed by atoms with Crippen LogP contribution in [0.3, 0.4) is 0 Å². The van der Waals surface area contributed by atoms with Crippen molar-refractivity contribution in [2.75, 3.05) is 6.61 Å². The van der Waals surface area contributed by atoms with Gasteiger partial charge < -0.3 is 9.47 Å². The highest BCUT2D eigenvalue weighted by Crippen LogP contribution is 2.21. The minimum atomic E-state index is -0.600. The molecule has 0 atom stereocenters. The Kier molecular flexibility index (Phi) is 4.19. The van der Waals surface area contributed by atoms with Crippen LogP contribution >= 0.6 is 0 Å². The van der Waals surface area contributed by atoms with Crippen molar-refractivity contribution in [3.05, 3.63) is 71.2 Å². The van der Waals surface area contributed by atoms with E-state index in [0.29, 0.717) is 6.61 Å². The van der Waals surface area contributed by atoms with Crippen molar-refractivity contribution in [1.82, 2.24) is 0 Å². The fourth-order valence-electron chi connectivity index (χ4n) is 2.14. The number of hydrogen-bond donors (Lipinski definition) is 0. The van der Waals surface area contributed by atoms with E-state index in [1.165, 1.54) is 12.1 Å². The summed E-state index contributed by atoms with van der Waals surface area (Å²) < 4.78 is 24.1. The number of carbonyl (C=O) groups is 1. The molecule has 1 heterocycles. The van der Waals surface area contributed by atoms with Gasteiger partial charge in [0.25, 0.3) is 0 Å². The molecule has 2 aromatic rings. The van der Waals surface area contributed by atoms with Gasteiger partial charge in [-0.25, -0.2) is 14.2 Å². The summed E-state index contributed by atoms with van der Waals surface area (Å²) in [5, 5.41) is 0. The molecule has 0 spiro atoms. The Morgan fingerprint density at radius 1 is 1.17 bits per heavy atom. The van der Waals surface area contributed by atoms with Crippen LogP contribution in [-0.2, 0) is 9.53 Å². The average Bonchev–Trinajstić information content (AvgIpc) is 2.91. The van der Waals surface area contributed by atoms with E-state index in [9.17, 15) is 9.18 Å². The van der Waals surface area contributed by atoms with Crippen molar-refractivity contribution >= 4 is 17.9 Å². The fraction of sp³-hybridized carbons (Fsp3) is 0.111. The summed E-state index contributed by atoms with van der Waals surface area (Å²) in [6.45, 7) is 2.49. The van der Waals surface area contributed by atoms with Crippen molar-refractivity contribution in [1.29, 1.82) is 0 Å². The Hall–Kier alpha value is -2.95. The number of carbonyl (C=O) groups excluding carboxylic acids is 1. The number of benzene rings is 2. The lowest BCUT2D eigenvalue weighted by atomic mass is 10.2. The second-order valence-electron chi connectivity index (χ2n) is 4.82. The number of hydrogen-bond acceptors (Lipinski definition) is 4. The molecular weight excluding hydrogens is 297 g/mol. The van der Waals surface area contributed by atoms with Crippen molar-refractivity contribution in [2.45, 2.75) is 6.92 Å². The lowest BCUT2D eigenvalue weighted by Gasteiger charge is -2.02. The van der Waals surface area contributed by atoms with Gasteiger partial charge >= 0.3 is 5.97 Å². The van der Waals surface area contributed by atoms with Gasteiger partial charge in [0.1, 0.15) is 11.6 Å². The summed E-state index contributed by atoms with van der Waals surface area (Å²) >= 11 is 0. The van der Waals surface area contributed by atoms with E-state index in [2.05, 4.69) is 4.99 Å². The number of halogens is 1. The Morgan fingerprint density at radius 3 is 2.61 bits per heavy atom. The number of esters is 1. The van der Waals surface area contributed by atoms with Crippen LogP contribution in [0.25, 0.3) is 6.08 Å². The van der Waals surface area contributed by atoms with E-state index in [4.69, 9.17) is 9.47 Å². The maximum Gasteiger partial charge on any atom is 0.363 e. The topological polar surface area (TPSA) is 47.9 Å². The second kappa shape index (κ2) is 6.44. The maximum absolute atomic E-state index is 13.7. The first-order valence-electron chi connectivity index (χ1n) is 7.17. The lowest BCUT2D eigenvalue weighted by Crippen LogP contribution is -2.07. The number of aliphatic imine (C=N–C) groups is 1. The Bertz CT molecular complexity index is 794. The summed E-state index contributed by atoms with van der Waals surface area (Å²) in [6, 6.07) is 13.2. The zero-order valence-corrected chi connectivity index (χ0v) is 12.5. The molecule has 0 N–H and O–H groups in total. The van der Waals surface area contributed by atoms with E-state index in [0.717, 1.165) is 11.3 Å². The third kappa shape index (κ3) is 3.29. The third-order valence-electron chi connectivity index (χ3n) is 3.22. The molecule has 0 amide bonds. The smallest absolute Gasteiger partial charge is 0.363 e. The van der Waals surface area contributed by atoms with Crippen LogP contribution in [0.1, 0.15) is 18.1 Å². The van der Waals surface area contributed by atoms with Crippen molar-refractivity contribution < 1.29 is 18.7 Å². The Balaban J connectivity index is 1.87. The van der Waals surface area contributed by atoms with E-state index >= 15 is 0 Å². The normalized spacial score (nSPS) is 15.5. The minimum Gasteiger partial charge on any atom is -0.494 e. The third-order valence-corrected chi connectivity index (χ3v) is 3.22. The van der Waals surface area contributed by atoms with Crippen molar-refractivity contribution in [2.24, 2.45) is 4.99 Å². The van der Waals surface area contributed by atoms with E-state index in [1.807, 2.05) is 19.1 Å². The molecule has 1 aliphatic rings. The van der Waals surface area contributed by atoms with Gasteiger partial charge in [0.2, 0.25) is 5.90 Å². The van der Waals surface area contributed by atoms with Gasteiger partial charge in [0.15, 0.2) is 5.70 Å². The van der Waals surface area contributed by atoms with Crippen LogP contribution in [0.4, 0.5) is 4.39 Å². The van der Waals surface area contributed by atoms with Gasteiger partial charge in [-0.2, -0.15) is 0 Å². The van der Waals surface area contributed by atoms with Gasteiger partial charge in [0, 0.05) is 0 Å². The van der Waals surface area contributed by atoms with Gasteiger partial charge in [-0.1, -0.05) is 24.3 Å². The second-order valence-corrected chi connectivity index (χ2v) is 4.82. The van der Waals surface area contributed by atoms with Gasteiger partial charge in [0.05, 0.1) is 12.2 Å². The fourth-order valence-corrected chi connectivity index (χ4v) is 2.14. The highest BCUT2D eigenvalue weighted by molar-refractivity contribution is 6.12. The molecule has 116 valence electrons. The monoisotopic (exact) mass is 311 g/mol. The zero-order chi connectivity index (χ0) is 16.2. The summed E-state index contributed by atoms with van der Waals surface area (Å²) in [5.74, 6) is -0.358. The molecule has 23 heavy (non-hydrogen) atoms. The largest absolute Gasteiger partial charge is 0.494 e. The van der Waals surface area contributed by atoms with E-state index in [-0.39, 0.29) is 17.2 Å². The number of nitrogens with zero attached hydrogens (tertiary/aromatic N) is 1. The molecule has 3 rings (SSSR count). The van der Waals surface area contributed by atoms with Gasteiger partial charge in [-0.15, -0.1) is 0 Å². The van der Waals surface area contributed by atoms with Crippen LogP contribution in [0.15, 0.2) is 59.2 Å². The van der Waals surface area contributed by atoms with Crippen molar-refractivity contribution in [3.63, 3.8) is 0 Å². The molecule has 2 aromatic carbocycles. The molecule has 0 aliphatic carbocycles. The molecule has 5 heteroatoms. The number of rotatable bonds is 4. The molecule has 0 saturated heterocycles. The number of ether oxygens (including phenoxy) is 2. The van der Waals surface area contributed by atoms with Crippen LogP contribution in [0.2, 0.25) is 0 Å². The van der Waals surface area contributed by atoms with Crippen LogP contribution in [0, 0.1) is 5.82 Å². The Labute approximate surface area is 132 Å². The summed E-state index contributed by atoms with van der Waals surface area (Å²) in [4.78, 5) is 16.0. The first-order chi connectivity index (χ1) is 11.2. The molecule has 0 fully saturated rings. The quantitative estimate of drug-likeness (QED) is 0.640. The average molecular weight is 311 g/mol. The summed E-state index contributed by atoms with van der Waals surface area (Å²) in [5.41, 5.74) is 1.07. The molecule has 0 radical (unpaired) electrons. The molecule has 0 bridgehead atoms. The minimum absolute atomic E-state index is 0.0229. The number of cyclic esters (lactones) is 1. The lowest BCUT2D eigenvalue weighted by molar-refractivity contribution is -0.129. The first kappa shape index (κ1) is 15.0. The zero-order valence-electron chi connectivity index (χ0n) is 12.5. The Morgan fingerprint density at radius 2 is 1.91 bits per heavy atom. The highest BCUT2D eigenvalue weighted by Gasteiger charge is 2.25. The summed E-state index contributed by atoms with van der Waals surface area (Å²) in [6.07, 6.45) is 1.59. The van der Waals surface area contributed by atoms with Crippen LogP contribution in [0.5, 0.6) is 5.75 Å². The summed E-state index contributed by atoms with van der Waals surface area (Å²) in [7, 11) is 0. The highest BCUT2D eigenvalue weighted by atomic mass is 19.1. The molecule has 4 nitrogen and oxygen atoms in total. The molecule has 0 unspecified atom stereocenters. The van der Waals surface area contributed by atoms with Gasteiger partial charge in [-0.05, 0) is 42.8 Å². The van der Waals surface area contributed by atoms with Crippen LogP contribution < -0.4 is 4.74 Å². The molecule has 0 saturated carbocycles. The van der Waals surface area contributed by atoms with Crippen molar-refractivity contribution in [3.8, 4) is 5.75 Å².